The highest BCUT2D eigenvalue weighted by Gasteiger charge is 2.13. The minimum absolute atomic E-state index is 0.247. The molecule has 0 aromatic heterocycles. The largest absolute Gasteiger partial charge is 0.454 e. The zero-order valence-corrected chi connectivity index (χ0v) is 12.5. The van der Waals surface area contributed by atoms with Gasteiger partial charge in [0, 0.05) is 17.3 Å². The smallest absolute Gasteiger partial charge is 0.319 e. The Morgan fingerprint density at radius 3 is 2.68 bits per heavy atom. The number of hydrogen-bond acceptors (Lipinski definition) is 3. The van der Waals surface area contributed by atoms with Crippen molar-refractivity contribution in [1.82, 2.24) is 5.32 Å². The first kappa shape index (κ1) is 14.5. The average Bonchev–Trinajstić information content (AvgIpc) is 2.97. The third-order valence-electron chi connectivity index (χ3n) is 3.24. The van der Waals surface area contributed by atoms with E-state index in [0.717, 1.165) is 17.1 Å². The second-order valence-electron chi connectivity index (χ2n) is 4.83. The minimum Gasteiger partial charge on any atom is -0.454 e. The summed E-state index contributed by atoms with van der Waals surface area (Å²) in [5.74, 6) is 1.51. The average molecular weight is 319 g/mol. The summed E-state index contributed by atoms with van der Waals surface area (Å²) in [5, 5.41) is 6.18. The number of carbonyl (C=O) groups excluding carboxylic acids is 1. The number of fused-ring (bicyclic) bond motifs is 1. The molecule has 0 radical (unpaired) electrons. The number of anilines is 1. The summed E-state index contributed by atoms with van der Waals surface area (Å²) in [4.78, 5) is 11.8. The zero-order chi connectivity index (χ0) is 15.4. The Bertz CT molecular complexity index is 674. The van der Waals surface area contributed by atoms with Crippen molar-refractivity contribution in [3.8, 4) is 11.5 Å². The van der Waals surface area contributed by atoms with Crippen LogP contribution in [0.5, 0.6) is 11.5 Å². The van der Waals surface area contributed by atoms with Gasteiger partial charge in [-0.25, -0.2) is 4.79 Å². The first-order chi connectivity index (χ1) is 10.7. The van der Waals surface area contributed by atoms with Crippen molar-refractivity contribution in [1.29, 1.82) is 0 Å². The van der Waals surface area contributed by atoms with Crippen molar-refractivity contribution in [3.63, 3.8) is 0 Å². The second kappa shape index (κ2) is 6.58. The van der Waals surface area contributed by atoms with Crippen molar-refractivity contribution in [2.75, 3.05) is 18.7 Å². The van der Waals surface area contributed by atoms with E-state index in [2.05, 4.69) is 10.6 Å². The van der Waals surface area contributed by atoms with Crippen molar-refractivity contribution < 1.29 is 14.3 Å². The number of carbonyl (C=O) groups is 1. The van der Waals surface area contributed by atoms with Crippen LogP contribution in [-0.4, -0.2) is 19.4 Å². The molecule has 0 aliphatic carbocycles. The number of nitrogens with one attached hydrogen (secondary N) is 2. The Labute approximate surface area is 133 Å². The topological polar surface area (TPSA) is 59.6 Å². The number of hydrogen-bond donors (Lipinski definition) is 2. The third-order valence-corrected chi connectivity index (χ3v) is 3.49. The Morgan fingerprint density at radius 2 is 1.86 bits per heavy atom. The highest BCUT2D eigenvalue weighted by atomic mass is 35.5. The van der Waals surface area contributed by atoms with Crippen LogP contribution in [0.1, 0.15) is 5.56 Å². The lowest BCUT2D eigenvalue weighted by molar-refractivity contribution is 0.174. The van der Waals surface area contributed by atoms with Crippen LogP contribution >= 0.6 is 11.6 Å². The molecule has 0 unspecified atom stereocenters. The summed E-state index contributed by atoms with van der Waals surface area (Å²) in [7, 11) is 0. The molecule has 114 valence electrons. The van der Waals surface area contributed by atoms with Crippen LogP contribution in [0.4, 0.5) is 10.5 Å². The lowest BCUT2D eigenvalue weighted by atomic mass is 10.1. The fourth-order valence-corrected chi connectivity index (χ4v) is 2.25. The monoisotopic (exact) mass is 318 g/mol. The highest BCUT2D eigenvalue weighted by molar-refractivity contribution is 6.30. The molecule has 0 bridgehead atoms. The third kappa shape index (κ3) is 3.62. The SMILES string of the molecule is O=C(NCCc1ccc2c(c1)OCO2)Nc1ccc(Cl)cc1. The van der Waals surface area contributed by atoms with Gasteiger partial charge in [0.1, 0.15) is 0 Å². The van der Waals surface area contributed by atoms with E-state index in [1.54, 1.807) is 24.3 Å². The van der Waals surface area contributed by atoms with Gasteiger partial charge in [-0.15, -0.1) is 0 Å². The molecule has 2 aromatic carbocycles. The number of urea groups is 1. The van der Waals surface area contributed by atoms with E-state index in [0.29, 0.717) is 23.7 Å². The summed E-state index contributed by atoms with van der Waals surface area (Å²) in [5.41, 5.74) is 1.78. The fourth-order valence-electron chi connectivity index (χ4n) is 2.13. The molecule has 0 saturated carbocycles. The van der Waals surface area contributed by atoms with Crippen LogP contribution in [-0.2, 0) is 6.42 Å². The number of benzene rings is 2. The van der Waals surface area contributed by atoms with Gasteiger partial charge in [0.25, 0.3) is 0 Å². The molecule has 1 aliphatic heterocycles. The van der Waals surface area contributed by atoms with Crippen LogP contribution in [0.2, 0.25) is 5.02 Å². The molecule has 2 amide bonds. The molecule has 0 spiro atoms. The van der Waals surface area contributed by atoms with Crippen molar-refractivity contribution in [3.05, 3.63) is 53.1 Å². The summed E-state index contributed by atoms with van der Waals surface area (Å²) >= 11 is 5.79. The maximum absolute atomic E-state index is 11.8. The molecule has 0 saturated heterocycles. The predicted octanol–water partition coefficient (Wildman–Crippen LogP) is 3.43. The normalized spacial score (nSPS) is 12.0. The fraction of sp³-hybridized carbons (Fsp3) is 0.188. The molecule has 2 N–H and O–H groups in total. The van der Waals surface area contributed by atoms with Crippen LogP contribution in [0, 0.1) is 0 Å². The van der Waals surface area contributed by atoms with Gasteiger partial charge in [-0.3, -0.25) is 0 Å². The summed E-state index contributed by atoms with van der Waals surface area (Å²) in [6, 6.07) is 12.5. The van der Waals surface area contributed by atoms with Gasteiger partial charge in [-0.1, -0.05) is 17.7 Å². The molecule has 22 heavy (non-hydrogen) atoms. The number of rotatable bonds is 4. The second-order valence-corrected chi connectivity index (χ2v) is 5.26. The van der Waals surface area contributed by atoms with E-state index < -0.39 is 0 Å². The molecule has 0 atom stereocenters. The molecule has 0 fully saturated rings. The Kier molecular flexibility index (Phi) is 4.34. The Hall–Kier alpha value is -2.40. The molecule has 1 heterocycles. The van der Waals surface area contributed by atoms with E-state index in [1.807, 2.05) is 18.2 Å². The standard InChI is InChI=1S/C16H15ClN2O3/c17-12-2-4-13(5-3-12)19-16(20)18-8-7-11-1-6-14-15(9-11)22-10-21-14/h1-6,9H,7-8,10H2,(H2,18,19,20). The van der Waals surface area contributed by atoms with Gasteiger partial charge in [0.2, 0.25) is 6.79 Å². The van der Waals surface area contributed by atoms with Gasteiger partial charge >= 0.3 is 6.03 Å². The summed E-state index contributed by atoms with van der Waals surface area (Å²) in [6.45, 7) is 0.791. The van der Waals surface area contributed by atoms with Gasteiger partial charge < -0.3 is 20.1 Å². The quantitative estimate of drug-likeness (QED) is 0.908. The van der Waals surface area contributed by atoms with Crippen LogP contribution in [0.3, 0.4) is 0 Å². The van der Waals surface area contributed by atoms with E-state index in [-0.39, 0.29) is 12.8 Å². The molecule has 2 aromatic rings. The van der Waals surface area contributed by atoms with Gasteiger partial charge in [-0.2, -0.15) is 0 Å². The van der Waals surface area contributed by atoms with Crippen molar-refractivity contribution in [2.24, 2.45) is 0 Å². The number of amides is 2. The summed E-state index contributed by atoms with van der Waals surface area (Å²) in [6.07, 6.45) is 0.713. The van der Waals surface area contributed by atoms with Gasteiger partial charge in [-0.05, 0) is 48.4 Å². The van der Waals surface area contributed by atoms with Crippen molar-refractivity contribution in [2.45, 2.75) is 6.42 Å². The van der Waals surface area contributed by atoms with Gasteiger partial charge in [0.05, 0.1) is 0 Å². The predicted molar refractivity (Wildman–Crippen MR) is 84.7 cm³/mol. The Morgan fingerprint density at radius 1 is 1.09 bits per heavy atom. The Balaban J connectivity index is 1.46. The van der Waals surface area contributed by atoms with E-state index in [4.69, 9.17) is 21.1 Å². The first-order valence-corrected chi connectivity index (χ1v) is 7.27. The molecule has 1 aliphatic rings. The van der Waals surface area contributed by atoms with Gasteiger partial charge in [0.15, 0.2) is 11.5 Å². The van der Waals surface area contributed by atoms with E-state index in [9.17, 15) is 4.79 Å². The molecule has 3 rings (SSSR count). The molecular formula is C16H15ClN2O3. The molecule has 6 heteroatoms. The van der Waals surface area contributed by atoms with E-state index >= 15 is 0 Å². The maximum Gasteiger partial charge on any atom is 0.319 e. The van der Waals surface area contributed by atoms with E-state index in [1.165, 1.54) is 0 Å². The van der Waals surface area contributed by atoms with Crippen LogP contribution in [0.15, 0.2) is 42.5 Å². The molecular weight excluding hydrogens is 304 g/mol. The molecule has 5 nitrogen and oxygen atoms in total. The summed E-state index contributed by atoms with van der Waals surface area (Å²) < 4.78 is 10.6. The number of ether oxygens (including phenoxy) is 2. The lowest BCUT2D eigenvalue weighted by Crippen LogP contribution is -2.30. The zero-order valence-electron chi connectivity index (χ0n) is 11.8. The first-order valence-electron chi connectivity index (χ1n) is 6.90. The maximum atomic E-state index is 11.8. The minimum atomic E-state index is -0.247. The van der Waals surface area contributed by atoms with Crippen molar-refractivity contribution >= 4 is 23.3 Å². The highest BCUT2D eigenvalue weighted by Crippen LogP contribution is 2.32. The lowest BCUT2D eigenvalue weighted by Gasteiger charge is -2.08. The number of halogens is 1. The van der Waals surface area contributed by atoms with Crippen LogP contribution in [0.25, 0.3) is 0 Å². The van der Waals surface area contributed by atoms with Crippen LogP contribution < -0.4 is 20.1 Å².